The minimum atomic E-state index is 0.165. The molecule has 0 spiro atoms. The summed E-state index contributed by atoms with van der Waals surface area (Å²) in [5, 5.41) is 0. The van der Waals surface area contributed by atoms with Crippen molar-refractivity contribution in [2.45, 2.75) is 51.5 Å². The topological polar surface area (TPSA) is 60.2 Å². The van der Waals surface area contributed by atoms with Crippen LogP contribution in [0.5, 0.6) is 0 Å². The second-order valence-corrected chi connectivity index (χ2v) is 6.84. The quantitative estimate of drug-likeness (QED) is 0.775. The van der Waals surface area contributed by atoms with Crippen molar-refractivity contribution in [3.05, 3.63) is 24.2 Å². The smallest absolute Gasteiger partial charge is 0.222 e. The third-order valence-corrected chi connectivity index (χ3v) is 4.87. The Balaban J connectivity index is 1.68. The highest BCUT2D eigenvalue weighted by Gasteiger charge is 2.19. The van der Waals surface area contributed by atoms with E-state index in [9.17, 15) is 4.79 Å². The Morgan fingerprint density at radius 3 is 2.88 bits per heavy atom. The molecule has 1 saturated heterocycles. The number of carbonyl (C=O) groups is 1. The van der Waals surface area contributed by atoms with E-state index in [1.54, 1.807) is 13.3 Å². The lowest BCUT2D eigenvalue weighted by Gasteiger charge is -2.26. The van der Waals surface area contributed by atoms with Crippen LogP contribution in [-0.4, -0.2) is 52.1 Å². The van der Waals surface area contributed by atoms with Gasteiger partial charge < -0.3 is 14.2 Å². The summed E-state index contributed by atoms with van der Waals surface area (Å²) in [6.45, 7) is 4.57. The van der Waals surface area contributed by atoms with Crippen molar-refractivity contribution in [3.63, 3.8) is 0 Å². The zero-order chi connectivity index (χ0) is 17.6. The first-order chi connectivity index (χ1) is 12.2. The molecule has 0 aliphatic carbocycles. The minimum absolute atomic E-state index is 0.165. The molecule has 0 aromatic carbocycles. The van der Waals surface area contributed by atoms with Crippen LogP contribution in [0.4, 0.5) is 0 Å². The van der Waals surface area contributed by atoms with Gasteiger partial charge in [0.05, 0.1) is 12.6 Å². The van der Waals surface area contributed by atoms with E-state index in [0.717, 1.165) is 55.8 Å². The summed E-state index contributed by atoms with van der Waals surface area (Å²) in [5.41, 5.74) is 1.80. The highest BCUT2D eigenvalue weighted by Crippen LogP contribution is 2.21. The molecular formula is C19H28N4O2. The van der Waals surface area contributed by atoms with E-state index in [1.807, 2.05) is 17.0 Å². The monoisotopic (exact) mass is 344 g/mol. The molecule has 1 aliphatic rings. The van der Waals surface area contributed by atoms with E-state index in [0.29, 0.717) is 13.0 Å². The van der Waals surface area contributed by atoms with Crippen molar-refractivity contribution in [3.8, 4) is 0 Å². The van der Waals surface area contributed by atoms with E-state index in [4.69, 9.17) is 9.72 Å². The van der Waals surface area contributed by atoms with Crippen LogP contribution in [0.1, 0.15) is 50.9 Å². The third kappa shape index (κ3) is 4.18. The van der Waals surface area contributed by atoms with Gasteiger partial charge in [-0.25, -0.2) is 9.97 Å². The molecule has 1 aliphatic heterocycles. The Labute approximate surface area is 149 Å². The van der Waals surface area contributed by atoms with Crippen LogP contribution in [0, 0.1) is 0 Å². The standard InChI is InChI=1S/C19H28N4O2/c1-15(14-25-2)23-17(21-16-8-7-11-20-19(16)23)9-6-10-18(24)22-12-4-3-5-13-22/h7-8,11,15H,3-6,9-10,12-14H2,1-2H3/t15-/m1/s1. The number of carbonyl (C=O) groups excluding carboxylic acids is 1. The highest BCUT2D eigenvalue weighted by atomic mass is 16.5. The summed E-state index contributed by atoms with van der Waals surface area (Å²) in [4.78, 5) is 23.6. The average molecular weight is 344 g/mol. The van der Waals surface area contributed by atoms with Crippen LogP contribution in [0.15, 0.2) is 18.3 Å². The van der Waals surface area contributed by atoms with Gasteiger partial charge in [-0.15, -0.1) is 0 Å². The first-order valence-electron chi connectivity index (χ1n) is 9.29. The van der Waals surface area contributed by atoms with Gasteiger partial charge in [0, 0.05) is 39.2 Å². The summed E-state index contributed by atoms with van der Waals surface area (Å²) >= 11 is 0. The first kappa shape index (κ1) is 17.9. The van der Waals surface area contributed by atoms with Gasteiger partial charge in [-0.1, -0.05) is 0 Å². The predicted octanol–water partition coefficient (Wildman–Crippen LogP) is 2.97. The van der Waals surface area contributed by atoms with Crippen molar-refractivity contribution in [1.82, 2.24) is 19.4 Å². The fourth-order valence-electron chi connectivity index (χ4n) is 3.63. The van der Waals surface area contributed by atoms with E-state index in [-0.39, 0.29) is 11.9 Å². The molecule has 25 heavy (non-hydrogen) atoms. The van der Waals surface area contributed by atoms with Crippen molar-refractivity contribution >= 4 is 17.1 Å². The summed E-state index contributed by atoms with van der Waals surface area (Å²) in [6, 6.07) is 4.06. The predicted molar refractivity (Wildman–Crippen MR) is 97.5 cm³/mol. The maximum absolute atomic E-state index is 12.3. The lowest BCUT2D eigenvalue weighted by atomic mass is 10.1. The third-order valence-electron chi connectivity index (χ3n) is 4.87. The molecule has 6 heteroatoms. The molecule has 0 saturated carbocycles. The molecule has 0 bridgehead atoms. The number of likely N-dealkylation sites (tertiary alicyclic amines) is 1. The number of aromatic nitrogens is 3. The van der Waals surface area contributed by atoms with Gasteiger partial charge in [0.25, 0.3) is 0 Å². The van der Waals surface area contributed by atoms with Crippen LogP contribution in [0.2, 0.25) is 0 Å². The number of amides is 1. The summed E-state index contributed by atoms with van der Waals surface area (Å²) in [7, 11) is 1.71. The number of fused-ring (bicyclic) bond motifs is 1. The molecule has 6 nitrogen and oxygen atoms in total. The van der Waals surface area contributed by atoms with Crippen molar-refractivity contribution in [2.24, 2.45) is 0 Å². The number of ether oxygens (including phenoxy) is 1. The minimum Gasteiger partial charge on any atom is -0.383 e. The fraction of sp³-hybridized carbons (Fsp3) is 0.632. The number of hydrogen-bond acceptors (Lipinski definition) is 4. The molecule has 0 unspecified atom stereocenters. The molecule has 0 N–H and O–H groups in total. The second kappa shape index (κ2) is 8.43. The van der Waals surface area contributed by atoms with Crippen molar-refractivity contribution in [1.29, 1.82) is 0 Å². The molecule has 1 amide bonds. The van der Waals surface area contributed by atoms with Crippen LogP contribution < -0.4 is 0 Å². The molecule has 3 heterocycles. The number of methoxy groups -OCH3 is 1. The molecule has 2 aromatic heterocycles. The number of hydrogen-bond donors (Lipinski definition) is 0. The molecule has 1 atom stereocenters. The zero-order valence-corrected chi connectivity index (χ0v) is 15.3. The fourth-order valence-corrected chi connectivity index (χ4v) is 3.63. The Morgan fingerprint density at radius 1 is 1.32 bits per heavy atom. The lowest BCUT2D eigenvalue weighted by Crippen LogP contribution is -2.35. The van der Waals surface area contributed by atoms with Crippen LogP contribution >= 0.6 is 0 Å². The summed E-state index contributed by atoms with van der Waals surface area (Å²) < 4.78 is 7.47. The maximum Gasteiger partial charge on any atom is 0.222 e. The van der Waals surface area contributed by atoms with Crippen molar-refractivity contribution in [2.75, 3.05) is 26.8 Å². The van der Waals surface area contributed by atoms with Crippen LogP contribution in [0.3, 0.4) is 0 Å². The van der Waals surface area contributed by atoms with Crippen molar-refractivity contribution < 1.29 is 9.53 Å². The average Bonchev–Trinajstić information content (AvgIpc) is 3.01. The Morgan fingerprint density at radius 2 is 2.12 bits per heavy atom. The van der Waals surface area contributed by atoms with Gasteiger partial charge in [0.2, 0.25) is 5.91 Å². The number of piperidine rings is 1. The highest BCUT2D eigenvalue weighted by molar-refractivity contribution is 5.76. The largest absolute Gasteiger partial charge is 0.383 e. The second-order valence-electron chi connectivity index (χ2n) is 6.84. The van der Waals surface area contributed by atoms with Gasteiger partial charge in [-0.2, -0.15) is 0 Å². The molecule has 3 rings (SSSR count). The van der Waals surface area contributed by atoms with E-state index < -0.39 is 0 Å². The molecular weight excluding hydrogens is 316 g/mol. The Kier molecular flexibility index (Phi) is 6.02. The number of nitrogens with zero attached hydrogens (tertiary/aromatic N) is 4. The van der Waals surface area contributed by atoms with Gasteiger partial charge in [0.15, 0.2) is 5.65 Å². The van der Waals surface area contributed by atoms with Crippen LogP contribution in [-0.2, 0) is 16.0 Å². The molecule has 2 aromatic rings. The lowest BCUT2D eigenvalue weighted by molar-refractivity contribution is -0.132. The van der Waals surface area contributed by atoms with E-state index in [2.05, 4.69) is 16.5 Å². The zero-order valence-electron chi connectivity index (χ0n) is 15.3. The van der Waals surface area contributed by atoms with Gasteiger partial charge >= 0.3 is 0 Å². The normalized spacial score (nSPS) is 16.3. The Bertz CT molecular complexity index is 707. The maximum atomic E-state index is 12.3. The molecule has 1 fully saturated rings. The van der Waals surface area contributed by atoms with Gasteiger partial charge in [0.1, 0.15) is 11.3 Å². The number of pyridine rings is 1. The molecule has 0 radical (unpaired) electrons. The SMILES string of the molecule is COC[C@@H](C)n1c(CCCC(=O)N2CCCCC2)nc2cccnc21. The van der Waals surface area contributed by atoms with Gasteiger partial charge in [-0.05, 0) is 44.7 Å². The van der Waals surface area contributed by atoms with E-state index in [1.165, 1.54) is 6.42 Å². The Hall–Kier alpha value is -1.95. The van der Waals surface area contributed by atoms with E-state index >= 15 is 0 Å². The summed E-state index contributed by atoms with van der Waals surface area (Å²) in [6.07, 6.45) is 7.52. The molecule has 136 valence electrons. The first-order valence-corrected chi connectivity index (χ1v) is 9.29. The number of imidazole rings is 1. The number of aryl methyl sites for hydroxylation is 1. The number of rotatable bonds is 7. The summed E-state index contributed by atoms with van der Waals surface area (Å²) in [5.74, 6) is 1.27. The van der Waals surface area contributed by atoms with Crippen LogP contribution in [0.25, 0.3) is 11.2 Å². The van der Waals surface area contributed by atoms with Gasteiger partial charge in [-0.3, -0.25) is 4.79 Å².